The van der Waals surface area contributed by atoms with Crippen LogP contribution >= 0.6 is 11.6 Å². The maximum absolute atomic E-state index is 13.8. The van der Waals surface area contributed by atoms with E-state index in [1.54, 1.807) is 11.0 Å². The topological polar surface area (TPSA) is 79.0 Å². The molecule has 2 aliphatic heterocycles. The first kappa shape index (κ1) is 33.2. The van der Waals surface area contributed by atoms with Crippen molar-refractivity contribution in [3.8, 4) is 5.75 Å². The number of rotatable bonds is 2. The van der Waals surface area contributed by atoms with Gasteiger partial charge in [0.25, 0.3) is 5.91 Å². The molecule has 6 rings (SSSR count). The van der Waals surface area contributed by atoms with E-state index < -0.39 is 9.71 Å². The number of fused-ring (bicyclic) bond motifs is 4. The molecule has 1 fully saturated rings. The summed E-state index contributed by atoms with van der Waals surface area (Å²) in [5.74, 6) is 5.91. The second kappa shape index (κ2) is 13.1. The van der Waals surface area contributed by atoms with Gasteiger partial charge in [-0.2, -0.15) is 0 Å². The third-order valence-corrected chi connectivity index (χ3v) is 14.1. The van der Waals surface area contributed by atoms with Gasteiger partial charge < -0.3 is 14.5 Å². The lowest BCUT2D eigenvalue weighted by atomic mass is 9.64. The molecule has 7 atom stereocenters. The van der Waals surface area contributed by atoms with Crippen LogP contribution < -0.4 is 14.4 Å². The smallest absolute Gasteiger partial charge is 0.262 e. The number of aryl methyl sites for hydroxylation is 1. The molecule has 46 heavy (non-hydrogen) atoms. The highest BCUT2D eigenvalue weighted by Crippen LogP contribution is 2.48. The lowest BCUT2D eigenvalue weighted by Gasteiger charge is -2.47. The summed E-state index contributed by atoms with van der Waals surface area (Å²) in [5.41, 5.74) is 3.75. The number of nitrogens with one attached hydrogen (secondary N) is 1. The van der Waals surface area contributed by atoms with Crippen molar-refractivity contribution in [1.29, 1.82) is 0 Å². The molecule has 1 N–H and O–H groups in total. The van der Waals surface area contributed by atoms with Crippen LogP contribution in [0.3, 0.4) is 0 Å². The summed E-state index contributed by atoms with van der Waals surface area (Å²) in [6, 6.07) is 11.9. The van der Waals surface area contributed by atoms with Gasteiger partial charge in [-0.1, -0.05) is 31.0 Å². The monoisotopic (exact) mass is 667 g/mol. The summed E-state index contributed by atoms with van der Waals surface area (Å²) in [6.07, 6.45) is 8.67. The fraction of sp³-hybridized carbons (Fsp3) is 0.595. The fourth-order valence-corrected chi connectivity index (χ4v) is 10.2. The number of ether oxygens (including phenoxy) is 1. The van der Waals surface area contributed by atoms with Gasteiger partial charge in [0.05, 0.1) is 22.0 Å². The van der Waals surface area contributed by atoms with Crippen LogP contribution in [0, 0.1) is 23.7 Å². The minimum atomic E-state index is -2.90. The van der Waals surface area contributed by atoms with Gasteiger partial charge in [0, 0.05) is 54.9 Å². The van der Waals surface area contributed by atoms with Crippen LogP contribution in [0.1, 0.15) is 86.7 Å². The van der Waals surface area contributed by atoms with Crippen molar-refractivity contribution in [2.45, 2.75) is 82.3 Å². The molecule has 2 heterocycles. The SMILES string of the molecule is C=S1(=O)NC(=O)c2ccc3c(c2)N(C[C@@H]2CC[C@H]2[C@H](CC(=O)N(C)C)CCC[C@H](C)[C@H]1C)C[C@@]1(CCCc2cc(Cl)ccc21)CO3. The molecule has 1 spiro atoms. The molecule has 0 radical (unpaired) electrons. The van der Waals surface area contributed by atoms with Crippen LogP contribution in [0.2, 0.25) is 5.02 Å². The number of nitrogens with zero attached hydrogens (tertiary/aromatic N) is 2. The molecule has 1 saturated carbocycles. The van der Waals surface area contributed by atoms with Crippen LogP contribution in [0.4, 0.5) is 5.69 Å². The Morgan fingerprint density at radius 2 is 1.93 bits per heavy atom. The van der Waals surface area contributed by atoms with E-state index in [9.17, 15) is 13.8 Å². The van der Waals surface area contributed by atoms with Gasteiger partial charge in [-0.05, 0) is 123 Å². The third kappa shape index (κ3) is 6.53. The van der Waals surface area contributed by atoms with Gasteiger partial charge in [-0.25, -0.2) is 4.21 Å². The minimum absolute atomic E-state index is 0.112. The number of hydrogen-bond donors (Lipinski definition) is 1. The molecule has 9 heteroatoms. The van der Waals surface area contributed by atoms with Gasteiger partial charge in [0.1, 0.15) is 5.75 Å². The average molecular weight is 668 g/mol. The maximum atomic E-state index is 13.8. The Kier molecular flexibility index (Phi) is 9.43. The Morgan fingerprint density at radius 1 is 1.13 bits per heavy atom. The predicted octanol–water partition coefficient (Wildman–Crippen LogP) is 6.50. The molecular formula is C37H50ClN3O4S. The second-order valence-electron chi connectivity index (χ2n) is 14.8. The first-order chi connectivity index (χ1) is 21.9. The van der Waals surface area contributed by atoms with Crippen molar-refractivity contribution in [2.75, 3.05) is 38.7 Å². The van der Waals surface area contributed by atoms with Gasteiger partial charge in [-0.15, -0.1) is 0 Å². The summed E-state index contributed by atoms with van der Waals surface area (Å²) in [7, 11) is 0.788. The van der Waals surface area contributed by atoms with Crippen molar-refractivity contribution in [3.05, 3.63) is 58.1 Å². The molecule has 2 aromatic rings. The maximum Gasteiger partial charge on any atom is 0.262 e. The van der Waals surface area contributed by atoms with Gasteiger partial charge in [0.2, 0.25) is 5.91 Å². The van der Waals surface area contributed by atoms with E-state index in [2.05, 4.69) is 34.5 Å². The molecule has 2 amide bonds. The van der Waals surface area contributed by atoms with Gasteiger partial charge in [-0.3, -0.25) is 14.3 Å². The number of hydrogen-bond acceptors (Lipinski definition) is 5. The molecule has 1 unspecified atom stereocenters. The average Bonchev–Trinajstić information content (AvgIpc) is 3.14. The first-order valence-corrected chi connectivity index (χ1v) is 19.2. The largest absolute Gasteiger partial charge is 0.490 e. The van der Waals surface area contributed by atoms with E-state index in [0.29, 0.717) is 36.3 Å². The number of amides is 2. The Labute approximate surface area is 280 Å². The molecule has 0 aromatic heterocycles. The van der Waals surface area contributed by atoms with Crippen LogP contribution in [0.5, 0.6) is 5.75 Å². The van der Waals surface area contributed by atoms with Gasteiger partial charge in [0.15, 0.2) is 0 Å². The van der Waals surface area contributed by atoms with Crippen LogP contribution in [0.25, 0.3) is 0 Å². The van der Waals surface area contributed by atoms with Crippen molar-refractivity contribution in [1.82, 2.24) is 9.62 Å². The Morgan fingerprint density at radius 3 is 2.67 bits per heavy atom. The molecule has 0 saturated heterocycles. The number of anilines is 1. The molecule has 7 nitrogen and oxygen atoms in total. The minimum Gasteiger partial charge on any atom is -0.490 e. The molecule has 2 aliphatic carbocycles. The molecule has 2 aromatic carbocycles. The van der Waals surface area contributed by atoms with Gasteiger partial charge >= 0.3 is 0 Å². The summed E-state index contributed by atoms with van der Waals surface area (Å²) in [5, 5.41) is 0.471. The molecule has 250 valence electrons. The van der Waals surface area contributed by atoms with Crippen molar-refractivity contribution in [2.24, 2.45) is 23.7 Å². The number of carbonyl (C=O) groups excluding carboxylic acids is 2. The highest BCUT2D eigenvalue weighted by Gasteiger charge is 2.45. The second-order valence-corrected chi connectivity index (χ2v) is 17.6. The van der Waals surface area contributed by atoms with Crippen molar-refractivity contribution < 1.29 is 18.5 Å². The summed E-state index contributed by atoms with van der Waals surface area (Å²) in [4.78, 5) is 30.9. The van der Waals surface area contributed by atoms with E-state index >= 15 is 0 Å². The highest BCUT2D eigenvalue weighted by molar-refractivity contribution is 7.99. The third-order valence-electron chi connectivity index (χ3n) is 11.7. The fourth-order valence-electron chi connectivity index (χ4n) is 8.48. The zero-order chi connectivity index (χ0) is 32.8. The van der Waals surface area contributed by atoms with E-state index in [-0.39, 0.29) is 28.4 Å². The number of carbonyl (C=O) groups is 2. The lowest BCUT2D eigenvalue weighted by Crippen LogP contribution is -2.49. The Balaban J connectivity index is 1.41. The number of halogens is 1. The predicted molar refractivity (Wildman–Crippen MR) is 188 cm³/mol. The van der Waals surface area contributed by atoms with E-state index in [1.165, 1.54) is 11.1 Å². The van der Waals surface area contributed by atoms with Crippen molar-refractivity contribution >= 4 is 44.7 Å². The summed E-state index contributed by atoms with van der Waals surface area (Å²) >= 11 is 6.45. The molecule has 4 aliphatic rings. The van der Waals surface area contributed by atoms with E-state index in [0.717, 1.165) is 80.9 Å². The zero-order valence-electron chi connectivity index (χ0n) is 27.9. The zero-order valence-corrected chi connectivity index (χ0v) is 29.4. The molecule has 2 bridgehead atoms. The summed E-state index contributed by atoms with van der Waals surface area (Å²) in [6.45, 7) is 6.18. The number of benzene rings is 2. The van der Waals surface area contributed by atoms with Crippen LogP contribution in [-0.4, -0.2) is 65.8 Å². The standard InChI is InChI=1S/C37H50ClN3O4S/c1-24-8-6-9-26(20-35(42)40(3)4)31-14-11-29(31)21-41-22-37(17-7-10-27-18-30(38)13-15-32(27)37)23-45-34-16-12-28(19-33(34)41)36(43)39-46(5,44)25(24)2/h12-13,15-16,18-19,24-26,29,31H,5-11,14,17,20-23H2,1-4H3,(H,39,43,44)/t24-,25+,26-,29-,31-,37-,46?/m0/s1. The Bertz CT molecular complexity index is 1590. The quantitative estimate of drug-likeness (QED) is 0.370. The van der Waals surface area contributed by atoms with E-state index in [4.69, 9.17) is 16.3 Å². The van der Waals surface area contributed by atoms with E-state index in [1.807, 2.05) is 39.2 Å². The summed E-state index contributed by atoms with van der Waals surface area (Å²) < 4.78 is 23.3. The highest BCUT2D eigenvalue weighted by atomic mass is 35.5. The lowest BCUT2D eigenvalue weighted by molar-refractivity contribution is -0.130. The van der Waals surface area contributed by atoms with Crippen LogP contribution in [0.15, 0.2) is 36.4 Å². The van der Waals surface area contributed by atoms with Crippen LogP contribution in [-0.2, 0) is 26.3 Å². The Hall–Kier alpha value is -2.71. The van der Waals surface area contributed by atoms with Crippen molar-refractivity contribution in [3.63, 3.8) is 0 Å². The molecular weight excluding hydrogens is 618 g/mol. The first-order valence-electron chi connectivity index (χ1n) is 17.1. The normalized spacial score (nSPS) is 33.0.